The second kappa shape index (κ2) is 4.69. The lowest BCUT2D eigenvalue weighted by atomic mass is 10.3. The lowest BCUT2D eigenvalue weighted by molar-refractivity contribution is 0.580. The lowest BCUT2D eigenvalue weighted by Crippen LogP contribution is -2.09. The largest absolute Gasteiger partial charge is 0.369 e. The van der Waals surface area contributed by atoms with E-state index in [1.807, 2.05) is 17.8 Å². The predicted octanol–water partition coefficient (Wildman–Crippen LogP) is 1.00. The molecule has 0 unspecified atom stereocenters. The molecule has 0 amide bonds. The Hall–Kier alpha value is -1.98. The highest BCUT2D eigenvalue weighted by Gasteiger charge is 1.99. The quantitative estimate of drug-likeness (QED) is 0.783. The lowest BCUT2D eigenvalue weighted by Gasteiger charge is -2.05. The summed E-state index contributed by atoms with van der Waals surface area (Å²) in [7, 11) is 1.89. The van der Waals surface area contributed by atoms with Gasteiger partial charge < -0.3 is 5.32 Å². The van der Waals surface area contributed by atoms with E-state index in [1.165, 1.54) is 12.4 Å². The van der Waals surface area contributed by atoms with Gasteiger partial charge in [-0.1, -0.05) is 0 Å². The summed E-state index contributed by atoms with van der Waals surface area (Å²) in [4.78, 5) is 7.28. The molecule has 5 nitrogen and oxygen atoms in total. The number of aromatic nitrogens is 4. The van der Waals surface area contributed by atoms with Gasteiger partial charge in [0.25, 0.3) is 0 Å². The van der Waals surface area contributed by atoms with Crippen molar-refractivity contribution in [3.8, 4) is 0 Å². The van der Waals surface area contributed by atoms with E-state index in [-0.39, 0.29) is 0 Å². The van der Waals surface area contributed by atoms with Crippen molar-refractivity contribution in [2.24, 2.45) is 7.05 Å². The minimum Gasteiger partial charge on any atom is -0.369 e. The summed E-state index contributed by atoms with van der Waals surface area (Å²) in [6.07, 6.45) is 3.75. The SMILES string of the molecule is Cn1nccc1CCNc1cc(F)ncn1. The molecule has 0 atom stereocenters. The monoisotopic (exact) mass is 221 g/mol. The van der Waals surface area contributed by atoms with Gasteiger partial charge in [-0.25, -0.2) is 9.97 Å². The molecule has 0 aliphatic heterocycles. The summed E-state index contributed by atoms with van der Waals surface area (Å²) in [5, 5.41) is 7.08. The van der Waals surface area contributed by atoms with Crippen LogP contribution in [0.4, 0.5) is 10.2 Å². The third-order valence-electron chi connectivity index (χ3n) is 2.24. The molecule has 0 spiro atoms. The minimum atomic E-state index is -0.530. The van der Waals surface area contributed by atoms with Gasteiger partial charge in [0.15, 0.2) is 0 Å². The fourth-order valence-electron chi connectivity index (χ4n) is 1.40. The Bertz CT molecular complexity index is 468. The fourth-order valence-corrected chi connectivity index (χ4v) is 1.40. The molecule has 0 aliphatic carbocycles. The first-order chi connectivity index (χ1) is 7.75. The molecule has 84 valence electrons. The van der Waals surface area contributed by atoms with Crippen LogP contribution in [0.15, 0.2) is 24.7 Å². The summed E-state index contributed by atoms with van der Waals surface area (Å²) < 4.78 is 14.5. The molecule has 2 heterocycles. The predicted molar refractivity (Wildman–Crippen MR) is 57.4 cm³/mol. The third-order valence-corrected chi connectivity index (χ3v) is 2.24. The molecule has 1 N–H and O–H groups in total. The van der Waals surface area contributed by atoms with Gasteiger partial charge in [-0.3, -0.25) is 4.68 Å². The Morgan fingerprint density at radius 1 is 1.44 bits per heavy atom. The van der Waals surface area contributed by atoms with E-state index in [0.717, 1.165) is 12.1 Å². The van der Waals surface area contributed by atoms with E-state index in [9.17, 15) is 4.39 Å². The zero-order chi connectivity index (χ0) is 11.4. The van der Waals surface area contributed by atoms with Gasteiger partial charge in [-0.05, 0) is 6.07 Å². The Kier molecular flexibility index (Phi) is 3.09. The average Bonchev–Trinajstić information content (AvgIpc) is 2.65. The molecule has 16 heavy (non-hydrogen) atoms. The van der Waals surface area contributed by atoms with Gasteiger partial charge in [0, 0.05) is 38.0 Å². The first-order valence-corrected chi connectivity index (χ1v) is 4.94. The van der Waals surface area contributed by atoms with Crippen molar-refractivity contribution >= 4 is 5.82 Å². The van der Waals surface area contributed by atoms with Crippen LogP contribution in [0.3, 0.4) is 0 Å². The zero-order valence-electron chi connectivity index (χ0n) is 8.89. The van der Waals surface area contributed by atoms with Crippen LogP contribution in [0.2, 0.25) is 0 Å². The highest BCUT2D eigenvalue weighted by atomic mass is 19.1. The highest BCUT2D eigenvalue weighted by Crippen LogP contribution is 2.03. The van der Waals surface area contributed by atoms with Gasteiger partial charge in [0.1, 0.15) is 12.1 Å². The fraction of sp³-hybridized carbons (Fsp3) is 0.300. The second-order valence-corrected chi connectivity index (χ2v) is 3.35. The molecule has 2 rings (SSSR count). The number of nitrogens with one attached hydrogen (secondary N) is 1. The van der Waals surface area contributed by atoms with E-state index in [1.54, 1.807) is 6.20 Å². The number of nitrogens with zero attached hydrogens (tertiary/aromatic N) is 4. The van der Waals surface area contributed by atoms with E-state index >= 15 is 0 Å². The number of aryl methyl sites for hydroxylation is 1. The van der Waals surface area contributed by atoms with E-state index < -0.39 is 5.95 Å². The summed E-state index contributed by atoms with van der Waals surface area (Å²) in [5.74, 6) is -0.0345. The number of anilines is 1. The van der Waals surface area contributed by atoms with Crippen LogP contribution < -0.4 is 5.32 Å². The molecule has 2 aromatic rings. The number of hydrogen-bond acceptors (Lipinski definition) is 4. The van der Waals surface area contributed by atoms with Crippen molar-refractivity contribution < 1.29 is 4.39 Å². The Morgan fingerprint density at radius 2 is 2.31 bits per heavy atom. The normalized spacial score (nSPS) is 10.4. The Morgan fingerprint density at radius 3 is 3.00 bits per heavy atom. The summed E-state index contributed by atoms with van der Waals surface area (Å²) in [6.45, 7) is 0.677. The third kappa shape index (κ3) is 2.53. The molecule has 0 saturated heterocycles. The Balaban J connectivity index is 1.87. The van der Waals surface area contributed by atoms with Crippen LogP contribution >= 0.6 is 0 Å². The van der Waals surface area contributed by atoms with Gasteiger partial charge in [-0.2, -0.15) is 9.49 Å². The van der Waals surface area contributed by atoms with Crippen molar-refractivity contribution in [3.63, 3.8) is 0 Å². The molecule has 0 saturated carbocycles. The molecule has 2 aromatic heterocycles. The summed E-state index contributed by atoms with van der Waals surface area (Å²) in [6, 6.07) is 3.21. The highest BCUT2D eigenvalue weighted by molar-refractivity contribution is 5.32. The number of rotatable bonds is 4. The first-order valence-electron chi connectivity index (χ1n) is 4.94. The molecule has 0 aliphatic rings. The van der Waals surface area contributed by atoms with Crippen molar-refractivity contribution in [1.29, 1.82) is 0 Å². The van der Waals surface area contributed by atoms with Crippen LogP contribution in [-0.4, -0.2) is 26.3 Å². The maximum absolute atomic E-state index is 12.7. The van der Waals surface area contributed by atoms with Gasteiger partial charge >= 0.3 is 0 Å². The van der Waals surface area contributed by atoms with Crippen LogP contribution in [0, 0.1) is 5.95 Å². The van der Waals surface area contributed by atoms with Crippen molar-refractivity contribution in [2.45, 2.75) is 6.42 Å². The molecule has 0 fully saturated rings. The molecular weight excluding hydrogens is 209 g/mol. The zero-order valence-corrected chi connectivity index (χ0v) is 8.89. The van der Waals surface area contributed by atoms with Crippen LogP contribution in [0.25, 0.3) is 0 Å². The summed E-state index contributed by atoms with van der Waals surface area (Å²) >= 11 is 0. The number of hydrogen-bond donors (Lipinski definition) is 1. The maximum atomic E-state index is 12.7. The van der Waals surface area contributed by atoms with Crippen LogP contribution in [0.1, 0.15) is 5.69 Å². The topological polar surface area (TPSA) is 55.6 Å². The smallest absolute Gasteiger partial charge is 0.217 e. The first kappa shape index (κ1) is 10.5. The molecular formula is C10H12FN5. The van der Waals surface area contributed by atoms with Gasteiger partial charge in [-0.15, -0.1) is 0 Å². The standard InChI is InChI=1S/C10H12FN5/c1-16-8(3-5-15-16)2-4-12-10-6-9(11)13-7-14-10/h3,5-7H,2,4H2,1H3,(H,12,13,14). The maximum Gasteiger partial charge on any atom is 0.217 e. The van der Waals surface area contributed by atoms with Gasteiger partial charge in [0.2, 0.25) is 5.95 Å². The Labute approximate surface area is 92.3 Å². The second-order valence-electron chi connectivity index (χ2n) is 3.35. The molecule has 0 radical (unpaired) electrons. The molecule has 0 bridgehead atoms. The number of halogens is 1. The van der Waals surface area contributed by atoms with E-state index in [2.05, 4.69) is 20.4 Å². The van der Waals surface area contributed by atoms with Crippen LogP contribution in [-0.2, 0) is 13.5 Å². The van der Waals surface area contributed by atoms with Gasteiger partial charge in [0.05, 0.1) is 0 Å². The van der Waals surface area contributed by atoms with E-state index in [0.29, 0.717) is 12.4 Å². The van der Waals surface area contributed by atoms with Crippen molar-refractivity contribution in [1.82, 2.24) is 19.7 Å². The molecule has 0 aromatic carbocycles. The van der Waals surface area contributed by atoms with Crippen molar-refractivity contribution in [3.05, 3.63) is 36.3 Å². The van der Waals surface area contributed by atoms with Crippen LogP contribution in [0.5, 0.6) is 0 Å². The average molecular weight is 221 g/mol. The summed E-state index contributed by atoms with van der Waals surface area (Å²) in [5.41, 5.74) is 1.11. The van der Waals surface area contributed by atoms with Crippen molar-refractivity contribution in [2.75, 3.05) is 11.9 Å². The molecule has 6 heteroatoms. The van der Waals surface area contributed by atoms with E-state index in [4.69, 9.17) is 0 Å². The minimum absolute atomic E-state index is 0.495.